The Morgan fingerprint density at radius 1 is 0.246 bits per heavy atom. The highest BCUT2D eigenvalue weighted by molar-refractivity contribution is 6.30. The summed E-state index contributed by atoms with van der Waals surface area (Å²) < 4.78 is 0. The molecule has 0 saturated heterocycles. The molecule has 0 N–H and O–H groups in total. The minimum absolute atomic E-state index is 0.0231. The van der Waals surface area contributed by atoms with Gasteiger partial charge in [0.15, 0.2) is 0 Å². The quantitative estimate of drug-likeness (QED) is 0.157. The van der Waals surface area contributed by atoms with Gasteiger partial charge in [-0.2, -0.15) is 0 Å². The van der Waals surface area contributed by atoms with Gasteiger partial charge in [0.25, 0.3) is 0 Å². The predicted octanol–water partition coefficient (Wildman–Crippen LogP) is 16.5. The molecule has 0 radical (unpaired) electrons. The summed E-state index contributed by atoms with van der Waals surface area (Å²) in [5, 5.41) is 7.88. The molecule has 290 valence electrons. The van der Waals surface area contributed by atoms with Crippen molar-refractivity contribution < 1.29 is 0 Å². The number of hydrogen-bond donors (Lipinski definition) is 0. The first-order chi connectivity index (χ1) is 29.5. The second-order valence-electron chi connectivity index (χ2n) is 19.6. The third-order valence-electron chi connectivity index (χ3n) is 15.5. The fourth-order valence-corrected chi connectivity index (χ4v) is 12.3. The fraction of sp³-hybridized carbons (Fsp3) is 0.148. The molecule has 10 aromatic rings. The van der Waals surface area contributed by atoms with Gasteiger partial charge in [-0.05, 0) is 157 Å². The first-order valence-corrected chi connectivity index (χ1v) is 22.0. The molecule has 13 rings (SSSR count). The molecule has 0 fully saturated rings. The van der Waals surface area contributed by atoms with E-state index in [4.69, 9.17) is 0 Å². The van der Waals surface area contributed by atoms with Crippen LogP contribution in [0.15, 0.2) is 170 Å². The Balaban J connectivity index is 1.09. The lowest BCUT2D eigenvalue weighted by Crippen LogP contribution is -2.14. The molecule has 0 saturated carbocycles. The van der Waals surface area contributed by atoms with Gasteiger partial charge in [0, 0.05) is 16.2 Å². The van der Waals surface area contributed by atoms with E-state index in [0.717, 1.165) is 0 Å². The largest absolute Gasteiger partial charge is 0.0619 e. The molecule has 0 heteroatoms. The Bertz CT molecular complexity index is 3420. The van der Waals surface area contributed by atoms with Crippen molar-refractivity contribution in [3.63, 3.8) is 0 Å². The van der Waals surface area contributed by atoms with Gasteiger partial charge in [0.05, 0.1) is 0 Å². The van der Waals surface area contributed by atoms with Crippen molar-refractivity contribution in [2.45, 2.75) is 57.8 Å². The maximum atomic E-state index is 2.50. The summed E-state index contributed by atoms with van der Waals surface area (Å²) in [7, 11) is 0. The van der Waals surface area contributed by atoms with Gasteiger partial charge in [0.1, 0.15) is 0 Å². The lowest BCUT2D eigenvalue weighted by Gasteiger charge is -2.23. The summed E-state index contributed by atoms with van der Waals surface area (Å²) in [4.78, 5) is 0. The lowest BCUT2D eigenvalue weighted by molar-refractivity contribution is 0.660. The summed E-state index contributed by atoms with van der Waals surface area (Å²) in [6, 6.07) is 65.6. The smallest absolute Gasteiger partial charge is 0.0158 e. The first-order valence-electron chi connectivity index (χ1n) is 22.0. The zero-order chi connectivity index (χ0) is 41.2. The highest BCUT2D eigenvalue weighted by Gasteiger charge is 2.38. The normalized spacial score (nSPS) is 15.8. The number of fused-ring (bicyclic) bond motifs is 9. The Kier molecular flexibility index (Phi) is 6.74. The monoisotopic (exact) mass is 778 g/mol. The van der Waals surface area contributed by atoms with Crippen molar-refractivity contribution in [3.8, 4) is 66.8 Å². The maximum Gasteiger partial charge on any atom is 0.0158 e. The van der Waals surface area contributed by atoms with Crippen LogP contribution in [-0.4, -0.2) is 0 Å². The topological polar surface area (TPSA) is 0 Å². The Hall–Kier alpha value is -6.76. The second kappa shape index (κ2) is 11.7. The van der Waals surface area contributed by atoms with Crippen LogP contribution in [0.1, 0.15) is 74.9 Å². The molecule has 0 atom stereocenters. The maximum absolute atomic E-state index is 2.50. The van der Waals surface area contributed by atoms with Crippen molar-refractivity contribution >= 4 is 32.3 Å². The molecule has 0 spiro atoms. The summed E-state index contributed by atoms with van der Waals surface area (Å²) in [6.07, 6.45) is 0. The van der Waals surface area contributed by atoms with Crippen LogP contribution < -0.4 is 0 Å². The third kappa shape index (κ3) is 4.50. The van der Waals surface area contributed by atoms with E-state index in [1.807, 2.05) is 0 Å². The van der Waals surface area contributed by atoms with Crippen LogP contribution in [0.25, 0.3) is 99.1 Å². The molecule has 3 aliphatic carbocycles. The van der Waals surface area contributed by atoms with E-state index in [1.54, 1.807) is 0 Å². The molecule has 3 aliphatic rings. The van der Waals surface area contributed by atoms with Crippen LogP contribution in [0.2, 0.25) is 0 Å². The summed E-state index contributed by atoms with van der Waals surface area (Å²) in [6.45, 7) is 14.2. The van der Waals surface area contributed by atoms with Crippen LogP contribution in [0.5, 0.6) is 0 Å². The zero-order valence-electron chi connectivity index (χ0n) is 35.7. The summed E-state index contributed by atoms with van der Waals surface area (Å²) in [5.41, 5.74) is 24.1. The van der Waals surface area contributed by atoms with E-state index in [0.29, 0.717) is 0 Å². The minimum atomic E-state index is -0.0431. The van der Waals surface area contributed by atoms with Gasteiger partial charge in [-0.1, -0.05) is 187 Å². The molecular formula is C61H46. The lowest BCUT2D eigenvalue weighted by atomic mass is 9.80. The molecule has 0 aromatic heterocycles. The molecule has 0 heterocycles. The van der Waals surface area contributed by atoms with E-state index in [2.05, 4.69) is 211 Å². The van der Waals surface area contributed by atoms with E-state index < -0.39 is 0 Å². The average molecular weight is 779 g/mol. The van der Waals surface area contributed by atoms with E-state index in [1.165, 1.54) is 132 Å². The third-order valence-corrected chi connectivity index (χ3v) is 15.5. The number of benzene rings is 10. The minimum Gasteiger partial charge on any atom is -0.0619 e. The second-order valence-corrected chi connectivity index (χ2v) is 19.6. The van der Waals surface area contributed by atoms with Crippen molar-refractivity contribution in [2.75, 3.05) is 0 Å². The van der Waals surface area contributed by atoms with Crippen LogP contribution in [-0.2, 0) is 16.2 Å². The average Bonchev–Trinajstić information content (AvgIpc) is 3.77. The molecule has 0 bridgehead atoms. The molecule has 61 heavy (non-hydrogen) atoms. The van der Waals surface area contributed by atoms with Gasteiger partial charge in [-0.3, -0.25) is 0 Å². The van der Waals surface area contributed by atoms with Crippen LogP contribution >= 0.6 is 0 Å². The van der Waals surface area contributed by atoms with E-state index >= 15 is 0 Å². The van der Waals surface area contributed by atoms with Gasteiger partial charge in [-0.25, -0.2) is 0 Å². The fourth-order valence-electron chi connectivity index (χ4n) is 12.3. The van der Waals surface area contributed by atoms with Crippen LogP contribution in [0, 0.1) is 0 Å². The highest BCUT2D eigenvalue weighted by atomic mass is 14.4. The SMILES string of the molecule is CC1(C)c2ccccc2-c2cc(-c3ccc4ccc5c(-c6ccc7c(c6)-c6ccccc6C7(C)C)cc(-c6ccc7c(c6)-c6ccccc6C7(C)C)c6ccc3c4c56)ccc21. The standard InChI is InChI=1S/C61H46/c1-59(2)51-16-10-7-13-40(51)48-31-36(21-28-54(48)59)39-24-19-35-20-25-44-46(37-22-29-55-49(32-37)41-14-8-11-17-52(41)60(55,3)4)34-47(45-27-26-43(39)57(35)58(44)45)38-23-30-56-50(33-38)42-15-9-12-18-53(42)61(56,5)6/h7-34H,1-6H3. The van der Waals surface area contributed by atoms with Gasteiger partial charge in [0.2, 0.25) is 0 Å². The Labute approximate surface area is 358 Å². The van der Waals surface area contributed by atoms with Crippen molar-refractivity contribution in [1.29, 1.82) is 0 Å². The Morgan fingerprint density at radius 2 is 0.590 bits per heavy atom. The van der Waals surface area contributed by atoms with Crippen molar-refractivity contribution in [3.05, 3.63) is 203 Å². The molecule has 0 amide bonds. The summed E-state index contributed by atoms with van der Waals surface area (Å²) >= 11 is 0. The zero-order valence-corrected chi connectivity index (χ0v) is 35.7. The molecule has 0 unspecified atom stereocenters. The highest BCUT2D eigenvalue weighted by Crippen LogP contribution is 2.54. The molecule has 10 aromatic carbocycles. The van der Waals surface area contributed by atoms with Crippen LogP contribution in [0.3, 0.4) is 0 Å². The number of rotatable bonds is 3. The Morgan fingerprint density at radius 3 is 1.03 bits per heavy atom. The molecule has 0 nitrogen and oxygen atoms in total. The van der Waals surface area contributed by atoms with Gasteiger partial charge >= 0.3 is 0 Å². The molecule has 0 aliphatic heterocycles. The van der Waals surface area contributed by atoms with E-state index in [9.17, 15) is 0 Å². The number of hydrogen-bond acceptors (Lipinski definition) is 0. The first kappa shape index (κ1) is 35.0. The predicted molar refractivity (Wildman–Crippen MR) is 259 cm³/mol. The van der Waals surface area contributed by atoms with E-state index in [-0.39, 0.29) is 16.2 Å². The van der Waals surface area contributed by atoms with Crippen molar-refractivity contribution in [1.82, 2.24) is 0 Å². The molecular weight excluding hydrogens is 733 g/mol. The van der Waals surface area contributed by atoms with Crippen LogP contribution in [0.4, 0.5) is 0 Å². The summed E-state index contributed by atoms with van der Waals surface area (Å²) in [5.74, 6) is 0. The van der Waals surface area contributed by atoms with Gasteiger partial charge < -0.3 is 0 Å². The van der Waals surface area contributed by atoms with Gasteiger partial charge in [-0.15, -0.1) is 0 Å². The van der Waals surface area contributed by atoms with Crippen molar-refractivity contribution in [2.24, 2.45) is 0 Å².